The highest BCUT2D eigenvalue weighted by Crippen LogP contribution is 2.29. The number of benzene rings is 2. The summed E-state index contributed by atoms with van der Waals surface area (Å²) in [4.78, 5) is 27.6. The first-order chi connectivity index (χ1) is 14.5. The number of carbonyl (C=O) groups excluding carboxylic acids is 2. The number of anilines is 2. The third-order valence-corrected chi connectivity index (χ3v) is 4.03. The largest absolute Gasteiger partial charge is 0.490 e. The molecule has 3 rings (SSSR count). The third-order valence-electron chi connectivity index (χ3n) is 4.03. The zero-order valence-corrected chi connectivity index (χ0v) is 16.4. The maximum absolute atomic E-state index is 12.6. The molecular weight excluding hydrogens is 384 g/mol. The summed E-state index contributed by atoms with van der Waals surface area (Å²) in [6, 6.07) is 14.7. The van der Waals surface area contributed by atoms with Crippen molar-refractivity contribution in [2.45, 2.75) is 13.5 Å². The number of nitrogens with zero attached hydrogens (tertiary/aromatic N) is 1. The number of ether oxygens (including phenoxy) is 2. The van der Waals surface area contributed by atoms with Crippen molar-refractivity contribution in [1.82, 2.24) is 4.98 Å². The molecule has 8 heteroatoms. The lowest BCUT2D eigenvalue weighted by Gasteiger charge is -2.13. The fourth-order valence-corrected chi connectivity index (χ4v) is 2.66. The Morgan fingerprint density at radius 3 is 2.33 bits per heavy atom. The lowest BCUT2D eigenvalue weighted by Crippen LogP contribution is -2.19. The van der Waals surface area contributed by atoms with Gasteiger partial charge in [-0.05, 0) is 55.5 Å². The van der Waals surface area contributed by atoms with Gasteiger partial charge in [0.25, 0.3) is 5.91 Å². The Labute approximate surface area is 174 Å². The second-order valence-corrected chi connectivity index (χ2v) is 6.27. The van der Waals surface area contributed by atoms with Gasteiger partial charge in [0.05, 0.1) is 6.61 Å². The minimum Gasteiger partial charge on any atom is -0.490 e. The van der Waals surface area contributed by atoms with Crippen molar-refractivity contribution in [3.05, 3.63) is 78.1 Å². The molecule has 0 aliphatic heterocycles. The molecular formula is C22H22N4O4. The van der Waals surface area contributed by atoms with Crippen molar-refractivity contribution in [2.24, 2.45) is 5.73 Å². The Kier molecular flexibility index (Phi) is 6.83. The van der Waals surface area contributed by atoms with Crippen LogP contribution in [-0.2, 0) is 6.61 Å². The van der Waals surface area contributed by atoms with Crippen molar-refractivity contribution < 1.29 is 19.1 Å². The fourth-order valence-electron chi connectivity index (χ4n) is 2.66. The van der Waals surface area contributed by atoms with Crippen LogP contribution in [0.25, 0.3) is 0 Å². The maximum Gasteiger partial charge on any atom is 0.316 e. The van der Waals surface area contributed by atoms with Crippen molar-refractivity contribution in [3.63, 3.8) is 0 Å². The molecule has 0 atom stereocenters. The molecule has 0 saturated heterocycles. The Morgan fingerprint density at radius 2 is 1.70 bits per heavy atom. The smallest absolute Gasteiger partial charge is 0.316 e. The fraction of sp³-hybridized carbons (Fsp3) is 0.136. The molecule has 8 nitrogen and oxygen atoms in total. The number of nitrogens with one attached hydrogen (secondary N) is 2. The Balaban J connectivity index is 1.69. The van der Waals surface area contributed by atoms with Crippen molar-refractivity contribution in [3.8, 4) is 11.5 Å². The molecule has 0 aliphatic carbocycles. The van der Waals surface area contributed by atoms with Gasteiger partial charge in [-0.1, -0.05) is 6.07 Å². The second kappa shape index (κ2) is 9.92. The zero-order valence-electron chi connectivity index (χ0n) is 16.4. The van der Waals surface area contributed by atoms with E-state index in [2.05, 4.69) is 15.6 Å². The number of amides is 3. The first kappa shape index (κ1) is 20.7. The van der Waals surface area contributed by atoms with Gasteiger partial charge in [-0.2, -0.15) is 0 Å². The monoisotopic (exact) mass is 406 g/mol. The van der Waals surface area contributed by atoms with E-state index < -0.39 is 6.03 Å². The summed E-state index contributed by atoms with van der Waals surface area (Å²) < 4.78 is 11.5. The molecule has 1 aromatic heterocycles. The zero-order chi connectivity index (χ0) is 21.3. The molecule has 0 saturated carbocycles. The first-order valence-electron chi connectivity index (χ1n) is 9.31. The van der Waals surface area contributed by atoms with Crippen LogP contribution in [-0.4, -0.2) is 23.5 Å². The van der Waals surface area contributed by atoms with E-state index in [-0.39, 0.29) is 5.91 Å². The van der Waals surface area contributed by atoms with E-state index in [0.29, 0.717) is 41.7 Å². The molecule has 0 aliphatic rings. The summed E-state index contributed by atoms with van der Waals surface area (Å²) in [5, 5.41) is 5.26. The normalized spacial score (nSPS) is 10.2. The van der Waals surface area contributed by atoms with Gasteiger partial charge in [0.2, 0.25) is 0 Å². The third kappa shape index (κ3) is 5.71. The van der Waals surface area contributed by atoms with Gasteiger partial charge in [-0.15, -0.1) is 0 Å². The maximum atomic E-state index is 12.6. The Morgan fingerprint density at radius 1 is 0.967 bits per heavy atom. The standard InChI is InChI=1S/C22H22N4O4/c1-2-29-20-12-16(5-10-19(20)30-14-15-4-3-11-24-13-15)21(27)25-17-6-8-18(9-7-17)26-22(23)28/h3-13H,2,14H2,1H3,(H,25,27)(H3,23,26,28). The van der Waals surface area contributed by atoms with E-state index in [1.54, 1.807) is 54.9 Å². The predicted molar refractivity (Wildman–Crippen MR) is 114 cm³/mol. The number of hydrogen-bond acceptors (Lipinski definition) is 5. The van der Waals surface area contributed by atoms with Crippen LogP contribution in [0.4, 0.5) is 16.2 Å². The summed E-state index contributed by atoms with van der Waals surface area (Å²) in [7, 11) is 0. The summed E-state index contributed by atoms with van der Waals surface area (Å²) in [6.07, 6.45) is 3.43. The average molecular weight is 406 g/mol. The van der Waals surface area contributed by atoms with E-state index in [4.69, 9.17) is 15.2 Å². The molecule has 3 amide bonds. The number of primary amides is 1. The van der Waals surface area contributed by atoms with Crippen LogP contribution in [0.2, 0.25) is 0 Å². The van der Waals surface area contributed by atoms with Crippen LogP contribution >= 0.6 is 0 Å². The van der Waals surface area contributed by atoms with Gasteiger partial charge >= 0.3 is 6.03 Å². The molecule has 0 spiro atoms. The quantitative estimate of drug-likeness (QED) is 0.526. The average Bonchev–Trinajstić information content (AvgIpc) is 2.75. The molecule has 0 fully saturated rings. The lowest BCUT2D eigenvalue weighted by molar-refractivity contribution is 0.102. The highest BCUT2D eigenvalue weighted by molar-refractivity contribution is 6.04. The van der Waals surface area contributed by atoms with Crippen molar-refractivity contribution in [2.75, 3.05) is 17.2 Å². The highest BCUT2D eigenvalue weighted by atomic mass is 16.5. The van der Waals surface area contributed by atoms with Crippen LogP contribution in [0.3, 0.4) is 0 Å². The minimum absolute atomic E-state index is 0.301. The van der Waals surface area contributed by atoms with Crippen LogP contribution in [0.1, 0.15) is 22.8 Å². The Bertz CT molecular complexity index is 1010. The number of hydrogen-bond donors (Lipinski definition) is 3. The van der Waals surface area contributed by atoms with Crippen LogP contribution in [0.5, 0.6) is 11.5 Å². The van der Waals surface area contributed by atoms with Crippen LogP contribution < -0.4 is 25.8 Å². The van der Waals surface area contributed by atoms with Crippen molar-refractivity contribution in [1.29, 1.82) is 0 Å². The number of urea groups is 1. The van der Waals surface area contributed by atoms with Gasteiger partial charge in [-0.3, -0.25) is 9.78 Å². The Hall–Kier alpha value is -4.07. The van der Waals surface area contributed by atoms with E-state index in [1.807, 2.05) is 19.1 Å². The van der Waals surface area contributed by atoms with Gasteiger partial charge in [0, 0.05) is 34.9 Å². The van der Waals surface area contributed by atoms with E-state index in [0.717, 1.165) is 5.56 Å². The number of nitrogens with two attached hydrogens (primary N) is 1. The van der Waals surface area contributed by atoms with Gasteiger partial charge in [-0.25, -0.2) is 4.79 Å². The molecule has 1 heterocycles. The van der Waals surface area contributed by atoms with E-state index in [1.165, 1.54) is 0 Å². The summed E-state index contributed by atoms with van der Waals surface area (Å²) in [5.74, 6) is 0.722. The minimum atomic E-state index is -0.652. The lowest BCUT2D eigenvalue weighted by atomic mass is 10.1. The molecule has 2 aromatic carbocycles. The molecule has 0 radical (unpaired) electrons. The predicted octanol–water partition coefficient (Wildman–Crippen LogP) is 3.80. The van der Waals surface area contributed by atoms with Crippen LogP contribution in [0, 0.1) is 0 Å². The SMILES string of the molecule is CCOc1cc(C(=O)Nc2ccc(NC(N)=O)cc2)ccc1OCc1cccnc1. The van der Waals surface area contributed by atoms with E-state index >= 15 is 0 Å². The molecule has 3 aromatic rings. The number of carbonyl (C=O) groups is 2. The summed E-state index contributed by atoms with van der Waals surface area (Å²) >= 11 is 0. The number of rotatable bonds is 8. The van der Waals surface area contributed by atoms with Crippen molar-refractivity contribution >= 4 is 23.3 Å². The highest BCUT2D eigenvalue weighted by Gasteiger charge is 2.12. The molecule has 0 bridgehead atoms. The topological polar surface area (TPSA) is 116 Å². The number of pyridine rings is 1. The molecule has 0 unspecified atom stereocenters. The van der Waals surface area contributed by atoms with Crippen LogP contribution in [0.15, 0.2) is 67.0 Å². The van der Waals surface area contributed by atoms with Gasteiger partial charge in [0.1, 0.15) is 6.61 Å². The first-order valence-corrected chi connectivity index (χ1v) is 9.31. The van der Waals surface area contributed by atoms with Gasteiger partial charge in [0.15, 0.2) is 11.5 Å². The molecule has 30 heavy (non-hydrogen) atoms. The van der Waals surface area contributed by atoms with E-state index in [9.17, 15) is 9.59 Å². The molecule has 154 valence electrons. The molecule has 4 N–H and O–H groups in total. The second-order valence-electron chi connectivity index (χ2n) is 6.27. The van der Waals surface area contributed by atoms with Gasteiger partial charge < -0.3 is 25.8 Å². The summed E-state index contributed by atoms with van der Waals surface area (Å²) in [5.41, 5.74) is 7.54. The summed E-state index contributed by atoms with van der Waals surface area (Å²) in [6.45, 7) is 2.63. The number of aromatic nitrogens is 1.